The maximum absolute atomic E-state index is 9.28. The number of aliphatic hydroxyl groups excluding tert-OH is 1. The molecule has 0 fully saturated rings. The standard InChI is InChI=1S/C15H15Cl2NO2/c1-2-3-12-6-10(9-19)7-15(18-12)20-14-5-4-11(16)8-13(14)17/h4-8,19H,2-3,9H2,1H3. The average Bonchev–Trinajstić information content (AvgIpc) is 2.42. The van der Waals surface area contributed by atoms with E-state index in [1.807, 2.05) is 6.07 Å². The van der Waals surface area contributed by atoms with Gasteiger partial charge in [0, 0.05) is 16.8 Å². The van der Waals surface area contributed by atoms with Crippen molar-refractivity contribution >= 4 is 23.2 Å². The number of hydrogen-bond donors (Lipinski definition) is 1. The molecule has 0 atom stereocenters. The third-order valence-electron chi connectivity index (χ3n) is 2.71. The first kappa shape index (κ1) is 15.1. The normalized spacial score (nSPS) is 10.6. The van der Waals surface area contributed by atoms with E-state index >= 15 is 0 Å². The second-order valence-corrected chi connectivity index (χ2v) is 5.23. The van der Waals surface area contributed by atoms with Crippen LogP contribution in [0.3, 0.4) is 0 Å². The van der Waals surface area contributed by atoms with E-state index in [9.17, 15) is 5.11 Å². The fourth-order valence-electron chi connectivity index (χ4n) is 1.82. The Kier molecular flexibility index (Phi) is 5.24. The lowest BCUT2D eigenvalue weighted by atomic mass is 10.2. The van der Waals surface area contributed by atoms with Gasteiger partial charge in [0.1, 0.15) is 5.75 Å². The lowest BCUT2D eigenvalue weighted by molar-refractivity contribution is 0.280. The van der Waals surface area contributed by atoms with E-state index in [1.54, 1.807) is 24.3 Å². The molecule has 0 saturated carbocycles. The van der Waals surface area contributed by atoms with Crippen molar-refractivity contribution in [2.45, 2.75) is 26.4 Å². The smallest absolute Gasteiger partial charge is 0.219 e. The molecule has 1 aromatic carbocycles. The van der Waals surface area contributed by atoms with Crippen molar-refractivity contribution in [3.63, 3.8) is 0 Å². The zero-order valence-electron chi connectivity index (χ0n) is 11.1. The number of pyridine rings is 1. The molecule has 20 heavy (non-hydrogen) atoms. The molecule has 5 heteroatoms. The van der Waals surface area contributed by atoms with Crippen LogP contribution in [0.4, 0.5) is 0 Å². The number of halogens is 2. The molecule has 2 rings (SSSR count). The summed E-state index contributed by atoms with van der Waals surface area (Å²) < 4.78 is 5.68. The monoisotopic (exact) mass is 311 g/mol. The van der Waals surface area contributed by atoms with E-state index in [1.165, 1.54) is 0 Å². The fraction of sp³-hybridized carbons (Fsp3) is 0.267. The molecule has 1 aromatic heterocycles. The molecule has 0 amide bonds. The van der Waals surface area contributed by atoms with Crippen molar-refractivity contribution in [1.82, 2.24) is 4.98 Å². The molecular weight excluding hydrogens is 297 g/mol. The molecule has 0 unspecified atom stereocenters. The Labute approximate surface area is 128 Å². The van der Waals surface area contributed by atoms with E-state index in [4.69, 9.17) is 27.9 Å². The quantitative estimate of drug-likeness (QED) is 0.875. The number of benzene rings is 1. The molecule has 2 aromatic rings. The second-order valence-electron chi connectivity index (χ2n) is 4.39. The van der Waals surface area contributed by atoms with Gasteiger partial charge in [0.05, 0.1) is 11.6 Å². The first-order valence-corrected chi connectivity index (χ1v) is 7.11. The van der Waals surface area contributed by atoms with Crippen LogP contribution in [0.1, 0.15) is 24.6 Å². The van der Waals surface area contributed by atoms with E-state index in [0.717, 1.165) is 24.1 Å². The predicted octanol–water partition coefficient (Wildman–Crippen LogP) is 4.63. The summed E-state index contributed by atoms with van der Waals surface area (Å²) in [5.74, 6) is 0.908. The molecule has 0 aliphatic rings. The van der Waals surface area contributed by atoms with Gasteiger partial charge in [-0.05, 0) is 36.2 Å². The summed E-state index contributed by atoms with van der Waals surface area (Å²) in [5.41, 5.74) is 1.66. The number of aromatic nitrogens is 1. The SMILES string of the molecule is CCCc1cc(CO)cc(Oc2ccc(Cl)cc2Cl)n1. The molecule has 0 radical (unpaired) electrons. The summed E-state index contributed by atoms with van der Waals surface area (Å²) in [4.78, 5) is 4.40. The minimum atomic E-state index is -0.0516. The van der Waals surface area contributed by atoms with Crippen LogP contribution in [-0.2, 0) is 13.0 Å². The van der Waals surface area contributed by atoms with Gasteiger partial charge in [-0.15, -0.1) is 0 Å². The van der Waals surface area contributed by atoms with E-state index < -0.39 is 0 Å². The number of nitrogens with zero attached hydrogens (tertiary/aromatic N) is 1. The van der Waals surface area contributed by atoms with Crippen molar-refractivity contribution in [2.24, 2.45) is 0 Å². The largest absolute Gasteiger partial charge is 0.437 e. The number of ether oxygens (including phenoxy) is 1. The third kappa shape index (κ3) is 3.85. The van der Waals surface area contributed by atoms with Crippen molar-refractivity contribution in [1.29, 1.82) is 0 Å². The maximum atomic E-state index is 9.28. The summed E-state index contributed by atoms with van der Waals surface area (Å²) in [5, 5.41) is 10.3. The second kappa shape index (κ2) is 6.93. The molecule has 0 spiro atoms. The molecule has 0 saturated heterocycles. The Morgan fingerprint density at radius 2 is 2.00 bits per heavy atom. The highest BCUT2D eigenvalue weighted by Gasteiger charge is 2.08. The van der Waals surface area contributed by atoms with E-state index in [-0.39, 0.29) is 6.61 Å². The molecule has 0 bridgehead atoms. The van der Waals surface area contributed by atoms with Gasteiger partial charge >= 0.3 is 0 Å². The molecular formula is C15H15Cl2NO2. The van der Waals surface area contributed by atoms with Crippen molar-refractivity contribution in [3.8, 4) is 11.6 Å². The van der Waals surface area contributed by atoms with Crippen LogP contribution in [0.5, 0.6) is 11.6 Å². The van der Waals surface area contributed by atoms with Gasteiger partial charge in [-0.1, -0.05) is 36.5 Å². The first-order valence-electron chi connectivity index (χ1n) is 6.36. The Morgan fingerprint density at radius 3 is 2.65 bits per heavy atom. The van der Waals surface area contributed by atoms with Crippen molar-refractivity contribution in [3.05, 3.63) is 51.6 Å². The highest BCUT2D eigenvalue weighted by atomic mass is 35.5. The Bertz CT molecular complexity index is 602. The Balaban J connectivity index is 2.29. The van der Waals surface area contributed by atoms with Gasteiger partial charge in [0.25, 0.3) is 0 Å². The summed E-state index contributed by atoms with van der Waals surface area (Å²) in [6, 6.07) is 8.58. The van der Waals surface area contributed by atoms with Gasteiger partial charge in [-0.25, -0.2) is 4.98 Å². The van der Waals surface area contributed by atoms with Gasteiger partial charge in [0.2, 0.25) is 5.88 Å². The van der Waals surface area contributed by atoms with Gasteiger partial charge in [-0.3, -0.25) is 0 Å². The molecule has 1 N–H and O–H groups in total. The fourth-order valence-corrected chi connectivity index (χ4v) is 2.27. The highest BCUT2D eigenvalue weighted by molar-refractivity contribution is 6.35. The predicted molar refractivity (Wildman–Crippen MR) is 80.7 cm³/mol. The zero-order chi connectivity index (χ0) is 14.5. The van der Waals surface area contributed by atoms with Crippen LogP contribution < -0.4 is 4.74 Å². The summed E-state index contributed by atoms with van der Waals surface area (Å²) in [6.45, 7) is 2.02. The topological polar surface area (TPSA) is 42.4 Å². The molecule has 106 valence electrons. The lowest BCUT2D eigenvalue weighted by Gasteiger charge is -2.10. The van der Waals surface area contributed by atoms with Crippen LogP contribution >= 0.6 is 23.2 Å². The minimum absolute atomic E-state index is 0.0516. The van der Waals surface area contributed by atoms with Crippen LogP contribution in [0, 0.1) is 0 Å². The number of aryl methyl sites for hydroxylation is 1. The zero-order valence-corrected chi connectivity index (χ0v) is 12.6. The Hall–Kier alpha value is -1.29. The highest BCUT2D eigenvalue weighted by Crippen LogP contribution is 2.31. The number of hydrogen-bond acceptors (Lipinski definition) is 3. The molecule has 1 heterocycles. The number of aliphatic hydroxyl groups is 1. The van der Waals surface area contributed by atoms with Crippen molar-refractivity contribution < 1.29 is 9.84 Å². The van der Waals surface area contributed by atoms with Gasteiger partial charge < -0.3 is 9.84 Å². The Morgan fingerprint density at radius 1 is 1.20 bits per heavy atom. The maximum Gasteiger partial charge on any atom is 0.219 e. The lowest BCUT2D eigenvalue weighted by Crippen LogP contribution is -1.97. The van der Waals surface area contributed by atoms with Crippen LogP contribution in [-0.4, -0.2) is 10.1 Å². The third-order valence-corrected chi connectivity index (χ3v) is 3.24. The van der Waals surface area contributed by atoms with Gasteiger partial charge in [-0.2, -0.15) is 0 Å². The average molecular weight is 312 g/mol. The van der Waals surface area contributed by atoms with Crippen molar-refractivity contribution in [2.75, 3.05) is 0 Å². The summed E-state index contributed by atoms with van der Waals surface area (Å²) in [7, 11) is 0. The summed E-state index contributed by atoms with van der Waals surface area (Å²) in [6.07, 6.45) is 1.81. The number of rotatable bonds is 5. The minimum Gasteiger partial charge on any atom is -0.437 e. The van der Waals surface area contributed by atoms with Gasteiger partial charge in [0.15, 0.2) is 0 Å². The molecule has 3 nitrogen and oxygen atoms in total. The van der Waals surface area contributed by atoms with Crippen LogP contribution in [0.2, 0.25) is 10.0 Å². The van der Waals surface area contributed by atoms with E-state index in [0.29, 0.717) is 21.7 Å². The molecule has 0 aliphatic heterocycles. The van der Waals surface area contributed by atoms with E-state index in [2.05, 4.69) is 11.9 Å². The van der Waals surface area contributed by atoms with Crippen LogP contribution in [0.15, 0.2) is 30.3 Å². The first-order chi connectivity index (χ1) is 9.62. The van der Waals surface area contributed by atoms with Crippen LogP contribution in [0.25, 0.3) is 0 Å². The molecule has 0 aliphatic carbocycles. The summed E-state index contributed by atoms with van der Waals surface area (Å²) >= 11 is 11.9.